The molecule has 6 nitrogen and oxygen atoms in total. The van der Waals surface area contributed by atoms with E-state index in [1.807, 2.05) is 24.0 Å². The first-order valence-corrected chi connectivity index (χ1v) is 8.92. The van der Waals surface area contributed by atoms with E-state index in [1.165, 1.54) is 0 Å². The van der Waals surface area contributed by atoms with E-state index >= 15 is 0 Å². The fourth-order valence-electron chi connectivity index (χ4n) is 3.64. The number of aliphatic carboxylic acids is 1. The molecule has 26 heavy (non-hydrogen) atoms. The van der Waals surface area contributed by atoms with Gasteiger partial charge >= 0.3 is 5.97 Å². The minimum absolute atomic E-state index is 0.469. The molecule has 0 spiro atoms. The molecule has 140 valence electrons. The van der Waals surface area contributed by atoms with Crippen LogP contribution in [-0.4, -0.2) is 42.9 Å². The number of aryl methyl sites for hydroxylation is 1. The lowest BCUT2D eigenvalue weighted by atomic mass is 10.0. The standard InChI is InChI=1S/C20H26N2O4/c1-11(2)6-7-22-16(20(23)24)10-14-12(3)21-18-15(19(14)22)8-13(25-4)9-17(18)26-5/h8-9,11,16H,6-7,10H2,1-5H3,(H,23,24). The molecule has 6 heteroatoms. The lowest BCUT2D eigenvalue weighted by Gasteiger charge is -2.27. The summed E-state index contributed by atoms with van der Waals surface area (Å²) < 4.78 is 10.9. The number of pyridine rings is 1. The van der Waals surface area contributed by atoms with Crippen molar-refractivity contribution in [2.75, 3.05) is 25.7 Å². The normalized spacial score (nSPS) is 16.2. The maximum Gasteiger partial charge on any atom is 0.326 e. The van der Waals surface area contributed by atoms with Crippen LogP contribution in [0.15, 0.2) is 12.1 Å². The van der Waals surface area contributed by atoms with Crippen LogP contribution in [-0.2, 0) is 11.2 Å². The lowest BCUT2D eigenvalue weighted by molar-refractivity contribution is -0.138. The first-order chi connectivity index (χ1) is 12.4. The minimum atomic E-state index is -0.799. The Bertz CT molecular complexity index is 848. The molecule has 1 unspecified atom stereocenters. The van der Waals surface area contributed by atoms with E-state index in [-0.39, 0.29) is 0 Å². The average molecular weight is 358 g/mol. The van der Waals surface area contributed by atoms with Gasteiger partial charge in [-0.25, -0.2) is 9.78 Å². The van der Waals surface area contributed by atoms with Crippen LogP contribution in [0.25, 0.3) is 10.9 Å². The van der Waals surface area contributed by atoms with Crippen molar-refractivity contribution < 1.29 is 19.4 Å². The van der Waals surface area contributed by atoms with Crippen LogP contribution in [0.2, 0.25) is 0 Å². The van der Waals surface area contributed by atoms with Gasteiger partial charge in [0.1, 0.15) is 23.1 Å². The van der Waals surface area contributed by atoms with E-state index < -0.39 is 12.0 Å². The number of benzene rings is 1. The molecule has 0 bridgehead atoms. The van der Waals surface area contributed by atoms with E-state index in [4.69, 9.17) is 14.5 Å². The van der Waals surface area contributed by atoms with Gasteiger partial charge in [-0.15, -0.1) is 0 Å². The number of methoxy groups -OCH3 is 2. The number of nitrogens with zero attached hydrogens (tertiary/aromatic N) is 2. The molecule has 2 heterocycles. The van der Waals surface area contributed by atoms with Gasteiger partial charge in [0.05, 0.1) is 19.9 Å². The molecule has 0 radical (unpaired) electrons. The molecule has 2 aromatic rings. The van der Waals surface area contributed by atoms with Crippen LogP contribution in [0.1, 0.15) is 31.5 Å². The number of carboxylic acids is 1. The van der Waals surface area contributed by atoms with Crippen LogP contribution < -0.4 is 14.4 Å². The summed E-state index contributed by atoms with van der Waals surface area (Å²) in [5.41, 5.74) is 3.56. The van der Waals surface area contributed by atoms with Crippen molar-refractivity contribution >= 4 is 22.6 Å². The third-order valence-electron chi connectivity index (χ3n) is 5.05. The Morgan fingerprint density at radius 1 is 1.35 bits per heavy atom. The predicted molar refractivity (Wildman–Crippen MR) is 102 cm³/mol. The fourth-order valence-corrected chi connectivity index (χ4v) is 3.64. The van der Waals surface area contributed by atoms with Gasteiger partial charge in [0.2, 0.25) is 0 Å². The van der Waals surface area contributed by atoms with Crippen LogP contribution in [0.4, 0.5) is 5.69 Å². The molecule has 0 saturated heterocycles. The summed E-state index contributed by atoms with van der Waals surface area (Å²) in [6.07, 6.45) is 1.39. The summed E-state index contributed by atoms with van der Waals surface area (Å²) in [7, 11) is 3.22. The molecule has 0 fully saturated rings. The topological polar surface area (TPSA) is 71.9 Å². The van der Waals surface area contributed by atoms with Gasteiger partial charge in [-0.3, -0.25) is 0 Å². The number of fused-ring (bicyclic) bond motifs is 3. The number of rotatable bonds is 6. The molecule has 1 aliphatic heterocycles. The quantitative estimate of drug-likeness (QED) is 0.853. The molecular formula is C20H26N2O4. The van der Waals surface area contributed by atoms with Crippen molar-refractivity contribution in [3.05, 3.63) is 23.4 Å². The van der Waals surface area contributed by atoms with Gasteiger partial charge in [0.25, 0.3) is 0 Å². The van der Waals surface area contributed by atoms with Gasteiger partial charge in [0.15, 0.2) is 0 Å². The van der Waals surface area contributed by atoms with Gasteiger partial charge in [-0.05, 0) is 25.3 Å². The monoisotopic (exact) mass is 358 g/mol. The number of carbonyl (C=O) groups is 1. The number of anilines is 1. The third-order valence-corrected chi connectivity index (χ3v) is 5.05. The Morgan fingerprint density at radius 3 is 2.65 bits per heavy atom. The molecular weight excluding hydrogens is 332 g/mol. The average Bonchev–Trinajstić information content (AvgIpc) is 3.00. The van der Waals surface area contributed by atoms with Crippen molar-refractivity contribution in [1.29, 1.82) is 0 Å². The largest absolute Gasteiger partial charge is 0.497 e. The van der Waals surface area contributed by atoms with Crippen LogP contribution in [0.5, 0.6) is 11.5 Å². The second-order valence-corrected chi connectivity index (χ2v) is 7.18. The molecule has 1 atom stereocenters. The Kier molecular flexibility index (Phi) is 4.94. The maximum atomic E-state index is 11.9. The SMILES string of the molecule is COc1cc(OC)c2nc(C)c3c(c2c1)N(CCC(C)C)C(C(=O)O)C3. The highest BCUT2D eigenvalue weighted by atomic mass is 16.5. The highest BCUT2D eigenvalue weighted by Gasteiger charge is 2.37. The van der Waals surface area contributed by atoms with Crippen molar-refractivity contribution in [1.82, 2.24) is 4.98 Å². The van der Waals surface area contributed by atoms with E-state index in [0.717, 1.165) is 34.3 Å². The number of carboxylic acid groups (broad SMARTS) is 1. The Balaban J connectivity index is 2.25. The highest BCUT2D eigenvalue weighted by molar-refractivity contribution is 6.01. The van der Waals surface area contributed by atoms with E-state index in [9.17, 15) is 9.90 Å². The molecule has 1 N–H and O–H groups in total. The molecule has 3 rings (SSSR count). The van der Waals surface area contributed by atoms with Gasteiger partial charge < -0.3 is 19.5 Å². The summed E-state index contributed by atoms with van der Waals surface area (Å²) in [5, 5.41) is 10.7. The number of hydrogen-bond donors (Lipinski definition) is 1. The van der Waals surface area contributed by atoms with Crippen LogP contribution in [0.3, 0.4) is 0 Å². The smallest absolute Gasteiger partial charge is 0.326 e. The van der Waals surface area contributed by atoms with Gasteiger partial charge in [0, 0.05) is 35.7 Å². The molecule has 0 aliphatic carbocycles. The predicted octanol–water partition coefficient (Wildman–Crippen LogP) is 3.42. The Labute approximate surface area is 153 Å². The molecule has 1 aromatic heterocycles. The van der Waals surface area contributed by atoms with Gasteiger partial charge in [-0.2, -0.15) is 0 Å². The van der Waals surface area contributed by atoms with Crippen LogP contribution >= 0.6 is 0 Å². The first-order valence-electron chi connectivity index (χ1n) is 8.92. The van der Waals surface area contributed by atoms with Crippen molar-refractivity contribution in [2.45, 2.75) is 39.7 Å². The zero-order valence-corrected chi connectivity index (χ0v) is 16.0. The molecule has 1 aromatic carbocycles. The second-order valence-electron chi connectivity index (χ2n) is 7.18. The highest BCUT2D eigenvalue weighted by Crippen LogP contribution is 2.43. The number of hydrogen-bond acceptors (Lipinski definition) is 5. The number of ether oxygens (including phenoxy) is 2. The maximum absolute atomic E-state index is 11.9. The molecule has 0 amide bonds. The van der Waals surface area contributed by atoms with Crippen molar-refractivity contribution in [2.24, 2.45) is 5.92 Å². The van der Waals surface area contributed by atoms with E-state index in [2.05, 4.69) is 13.8 Å². The number of aromatic nitrogens is 1. The van der Waals surface area contributed by atoms with Crippen molar-refractivity contribution in [3.63, 3.8) is 0 Å². The zero-order chi connectivity index (χ0) is 19.0. The zero-order valence-electron chi connectivity index (χ0n) is 16.0. The molecule has 1 aliphatic rings. The van der Waals surface area contributed by atoms with E-state index in [0.29, 0.717) is 30.4 Å². The molecule has 0 saturated carbocycles. The Hall–Kier alpha value is -2.50. The van der Waals surface area contributed by atoms with Gasteiger partial charge in [-0.1, -0.05) is 13.8 Å². The van der Waals surface area contributed by atoms with Crippen molar-refractivity contribution in [3.8, 4) is 11.5 Å². The third kappa shape index (κ3) is 3.04. The van der Waals surface area contributed by atoms with Crippen LogP contribution in [0, 0.1) is 12.8 Å². The summed E-state index contributed by atoms with van der Waals surface area (Å²) in [6, 6.07) is 3.17. The minimum Gasteiger partial charge on any atom is -0.497 e. The summed E-state index contributed by atoms with van der Waals surface area (Å²) in [4.78, 5) is 18.6. The summed E-state index contributed by atoms with van der Waals surface area (Å²) in [5.74, 6) is 0.997. The second kappa shape index (κ2) is 7.02. The lowest BCUT2D eigenvalue weighted by Crippen LogP contribution is -2.39. The fraction of sp³-hybridized carbons (Fsp3) is 0.500. The summed E-state index contributed by atoms with van der Waals surface area (Å²) in [6.45, 7) is 6.93. The summed E-state index contributed by atoms with van der Waals surface area (Å²) >= 11 is 0. The van der Waals surface area contributed by atoms with E-state index in [1.54, 1.807) is 14.2 Å². The Morgan fingerprint density at radius 2 is 2.08 bits per heavy atom. The first kappa shape index (κ1) is 18.3.